The lowest BCUT2D eigenvalue weighted by molar-refractivity contribution is 0.111. The molecule has 4 heteroatoms. The number of aliphatic hydroxyl groups excluding tert-OH is 1. The lowest BCUT2D eigenvalue weighted by atomic mass is 9.95. The highest BCUT2D eigenvalue weighted by atomic mass is 35.5. The first kappa shape index (κ1) is 19.4. The molecule has 2 aromatic rings. The fourth-order valence-corrected chi connectivity index (χ4v) is 3.69. The first-order valence-electron chi connectivity index (χ1n) is 9.57. The van der Waals surface area contributed by atoms with Gasteiger partial charge in [0.25, 0.3) is 0 Å². The average Bonchev–Trinajstić information content (AvgIpc) is 2.68. The van der Waals surface area contributed by atoms with Crippen molar-refractivity contribution >= 4 is 11.6 Å². The minimum Gasteiger partial charge on any atom is -0.395 e. The van der Waals surface area contributed by atoms with Gasteiger partial charge in [0, 0.05) is 37.7 Å². The Balaban J connectivity index is 1.49. The van der Waals surface area contributed by atoms with Crippen LogP contribution in [0.3, 0.4) is 0 Å². The van der Waals surface area contributed by atoms with Crippen molar-refractivity contribution in [1.29, 1.82) is 0 Å². The van der Waals surface area contributed by atoms with E-state index in [2.05, 4.69) is 53.1 Å². The van der Waals surface area contributed by atoms with Crippen LogP contribution >= 0.6 is 11.6 Å². The monoisotopic (exact) mass is 372 g/mol. The molecule has 3 nitrogen and oxygen atoms in total. The molecule has 0 amide bonds. The molecule has 0 radical (unpaired) electrons. The fourth-order valence-electron chi connectivity index (χ4n) is 3.57. The molecule has 1 aliphatic heterocycles. The smallest absolute Gasteiger partial charge is 0.0558 e. The molecule has 0 saturated carbocycles. The molecule has 3 rings (SSSR count). The van der Waals surface area contributed by atoms with E-state index in [0.29, 0.717) is 5.92 Å². The zero-order chi connectivity index (χ0) is 18.4. The van der Waals surface area contributed by atoms with E-state index in [-0.39, 0.29) is 6.61 Å². The minimum atomic E-state index is 0.267. The lowest BCUT2D eigenvalue weighted by Crippen LogP contribution is -2.47. The van der Waals surface area contributed by atoms with E-state index in [0.717, 1.165) is 44.3 Å². The Morgan fingerprint density at radius 1 is 0.846 bits per heavy atom. The van der Waals surface area contributed by atoms with Crippen LogP contribution in [0.4, 0.5) is 0 Å². The molecule has 1 fully saturated rings. The Morgan fingerprint density at radius 3 is 1.88 bits per heavy atom. The fraction of sp³-hybridized carbons (Fsp3) is 0.455. The quantitative estimate of drug-likeness (QED) is 0.792. The number of β-amino-alcohol motifs (C(OH)–C–C–N with tert-alkyl or cyclic N) is 1. The number of hydrogen-bond acceptors (Lipinski definition) is 3. The van der Waals surface area contributed by atoms with Gasteiger partial charge in [0.05, 0.1) is 6.61 Å². The van der Waals surface area contributed by atoms with Crippen LogP contribution in [0.1, 0.15) is 24.8 Å². The highest BCUT2D eigenvalue weighted by Gasteiger charge is 2.17. The van der Waals surface area contributed by atoms with Gasteiger partial charge in [-0.2, -0.15) is 0 Å². The van der Waals surface area contributed by atoms with Crippen LogP contribution in [0.5, 0.6) is 0 Å². The summed E-state index contributed by atoms with van der Waals surface area (Å²) in [7, 11) is 0. The van der Waals surface area contributed by atoms with Crippen LogP contribution in [-0.4, -0.2) is 60.8 Å². The van der Waals surface area contributed by atoms with Crippen LogP contribution < -0.4 is 0 Å². The summed E-state index contributed by atoms with van der Waals surface area (Å²) in [6, 6.07) is 16.9. The largest absolute Gasteiger partial charge is 0.395 e. The Kier molecular flexibility index (Phi) is 7.09. The van der Waals surface area contributed by atoms with Crippen LogP contribution in [0.25, 0.3) is 11.1 Å². The molecule has 0 aliphatic carbocycles. The molecule has 0 spiro atoms. The standard InChI is InChI=1S/C22H29ClN2O/c1-18(10-11-24-12-14-25(15-13-24)16-17-26)19-2-4-20(5-3-19)21-6-8-22(23)9-7-21/h2-9,18,26H,10-17H2,1H3. The molecule has 1 atom stereocenters. The summed E-state index contributed by atoms with van der Waals surface area (Å²) in [5.74, 6) is 0.560. The van der Waals surface area contributed by atoms with Gasteiger partial charge < -0.3 is 10.0 Å². The van der Waals surface area contributed by atoms with Crippen molar-refractivity contribution in [2.24, 2.45) is 0 Å². The highest BCUT2D eigenvalue weighted by Crippen LogP contribution is 2.25. The zero-order valence-electron chi connectivity index (χ0n) is 15.6. The summed E-state index contributed by atoms with van der Waals surface area (Å²) < 4.78 is 0. The lowest BCUT2D eigenvalue weighted by Gasteiger charge is -2.34. The summed E-state index contributed by atoms with van der Waals surface area (Å²) >= 11 is 5.97. The third-order valence-electron chi connectivity index (χ3n) is 5.42. The van der Waals surface area contributed by atoms with Gasteiger partial charge in [-0.25, -0.2) is 0 Å². The zero-order valence-corrected chi connectivity index (χ0v) is 16.3. The first-order chi connectivity index (χ1) is 12.7. The van der Waals surface area contributed by atoms with Crippen LogP contribution in [0.15, 0.2) is 48.5 Å². The second kappa shape index (κ2) is 9.52. The number of halogens is 1. The number of nitrogens with zero attached hydrogens (tertiary/aromatic N) is 2. The van der Waals surface area contributed by atoms with Crippen molar-refractivity contribution < 1.29 is 5.11 Å². The number of benzene rings is 2. The van der Waals surface area contributed by atoms with Crippen molar-refractivity contribution in [1.82, 2.24) is 9.80 Å². The summed E-state index contributed by atoms with van der Waals surface area (Å²) in [6.45, 7) is 8.92. The molecule has 1 N–H and O–H groups in total. The molecule has 26 heavy (non-hydrogen) atoms. The minimum absolute atomic E-state index is 0.267. The normalized spacial score (nSPS) is 17.3. The van der Waals surface area contributed by atoms with Gasteiger partial charge in [-0.15, -0.1) is 0 Å². The maximum Gasteiger partial charge on any atom is 0.0558 e. The number of aliphatic hydroxyl groups is 1. The molecule has 2 aromatic carbocycles. The van der Waals surface area contributed by atoms with Gasteiger partial charge in [0.1, 0.15) is 0 Å². The maximum atomic E-state index is 9.03. The Labute approximate surface area is 162 Å². The van der Waals surface area contributed by atoms with Gasteiger partial charge in [-0.05, 0) is 47.7 Å². The average molecular weight is 373 g/mol. The van der Waals surface area contributed by atoms with E-state index < -0.39 is 0 Å². The van der Waals surface area contributed by atoms with E-state index in [1.165, 1.54) is 23.1 Å². The van der Waals surface area contributed by atoms with Gasteiger partial charge >= 0.3 is 0 Å². The second-order valence-corrected chi connectivity index (χ2v) is 7.66. The van der Waals surface area contributed by atoms with Crippen LogP contribution in [-0.2, 0) is 0 Å². The molecular weight excluding hydrogens is 344 g/mol. The van der Waals surface area contributed by atoms with E-state index in [1.54, 1.807) is 0 Å². The SMILES string of the molecule is CC(CCN1CCN(CCO)CC1)c1ccc(-c2ccc(Cl)cc2)cc1. The highest BCUT2D eigenvalue weighted by molar-refractivity contribution is 6.30. The summed E-state index contributed by atoms with van der Waals surface area (Å²) in [5.41, 5.74) is 3.84. The van der Waals surface area contributed by atoms with Gasteiger partial charge in [0.15, 0.2) is 0 Å². The molecular formula is C22H29ClN2O. The predicted octanol–water partition coefficient (Wildman–Crippen LogP) is 4.11. The molecule has 1 unspecified atom stereocenters. The maximum absolute atomic E-state index is 9.03. The van der Waals surface area contributed by atoms with Gasteiger partial charge in [-0.3, -0.25) is 4.90 Å². The number of piperazine rings is 1. The third-order valence-corrected chi connectivity index (χ3v) is 5.67. The molecule has 1 saturated heterocycles. The predicted molar refractivity (Wildman–Crippen MR) is 110 cm³/mol. The van der Waals surface area contributed by atoms with Crippen molar-refractivity contribution in [2.75, 3.05) is 45.9 Å². The topological polar surface area (TPSA) is 26.7 Å². The molecule has 1 aliphatic rings. The van der Waals surface area contributed by atoms with Crippen molar-refractivity contribution in [3.63, 3.8) is 0 Å². The van der Waals surface area contributed by atoms with Crippen LogP contribution in [0.2, 0.25) is 5.02 Å². The summed E-state index contributed by atoms with van der Waals surface area (Å²) in [6.07, 6.45) is 1.18. The second-order valence-electron chi connectivity index (χ2n) is 7.23. The summed E-state index contributed by atoms with van der Waals surface area (Å²) in [5, 5.41) is 9.80. The van der Waals surface area contributed by atoms with Crippen molar-refractivity contribution in [3.8, 4) is 11.1 Å². The Morgan fingerprint density at radius 2 is 1.35 bits per heavy atom. The van der Waals surface area contributed by atoms with Gasteiger partial charge in [-0.1, -0.05) is 54.9 Å². The third kappa shape index (κ3) is 5.31. The van der Waals surface area contributed by atoms with E-state index >= 15 is 0 Å². The first-order valence-corrected chi connectivity index (χ1v) is 9.95. The Bertz CT molecular complexity index is 664. The van der Waals surface area contributed by atoms with Crippen LogP contribution in [0, 0.1) is 0 Å². The number of rotatable bonds is 7. The Hall–Kier alpha value is -1.39. The molecule has 1 heterocycles. The summed E-state index contributed by atoms with van der Waals surface area (Å²) in [4.78, 5) is 4.89. The number of hydrogen-bond donors (Lipinski definition) is 1. The molecule has 140 valence electrons. The van der Waals surface area contributed by atoms with E-state index in [1.807, 2.05) is 12.1 Å². The molecule has 0 aromatic heterocycles. The van der Waals surface area contributed by atoms with Crippen molar-refractivity contribution in [2.45, 2.75) is 19.3 Å². The van der Waals surface area contributed by atoms with Gasteiger partial charge in [0.2, 0.25) is 0 Å². The molecule has 0 bridgehead atoms. The van der Waals surface area contributed by atoms with E-state index in [4.69, 9.17) is 16.7 Å². The van der Waals surface area contributed by atoms with Crippen molar-refractivity contribution in [3.05, 3.63) is 59.1 Å². The van der Waals surface area contributed by atoms with E-state index in [9.17, 15) is 0 Å².